The van der Waals surface area contributed by atoms with Crippen LogP contribution in [0.1, 0.15) is 39.5 Å². The van der Waals surface area contributed by atoms with Crippen LogP contribution in [0.25, 0.3) is 0 Å². The molecule has 0 saturated heterocycles. The van der Waals surface area contributed by atoms with E-state index in [0.29, 0.717) is 0 Å². The molecule has 1 aliphatic rings. The van der Waals surface area contributed by atoms with Crippen molar-refractivity contribution in [2.75, 3.05) is 7.05 Å². The number of hydrogen-bond donors (Lipinski definition) is 2. The van der Waals surface area contributed by atoms with Gasteiger partial charge in [-0.25, -0.2) is 4.79 Å². The highest BCUT2D eigenvalue weighted by molar-refractivity contribution is 5.90. The van der Waals surface area contributed by atoms with Gasteiger partial charge in [-0.3, -0.25) is 9.59 Å². The first kappa shape index (κ1) is 15.5. The van der Waals surface area contributed by atoms with Gasteiger partial charge >= 0.3 is 5.97 Å². The van der Waals surface area contributed by atoms with E-state index in [1.54, 1.807) is 6.92 Å². The highest BCUT2D eigenvalue weighted by atomic mass is 16.4. The third-order valence-corrected chi connectivity index (χ3v) is 3.74. The lowest BCUT2D eigenvalue weighted by Gasteiger charge is -2.26. The van der Waals surface area contributed by atoms with Crippen molar-refractivity contribution >= 4 is 17.8 Å². The summed E-state index contributed by atoms with van der Waals surface area (Å²) in [4.78, 5) is 35.8. The number of nitrogens with zero attached hydrogens (tertiary/aromatic N) is 1. The molecule has 2 N–H and O–H groups in total. The third-order valence-electron chi connectivity index (χ3n) is 3.74. The molecule has 1 saturated carbocycles. The fourth-order valence-corrected chi connectivity index (χ4v) is 2.24. The van der Waals surface area contributed by atoms with Crippen molar-refractivity contribution in [3.63, 3.8) is 0 Å². The quantitative estimate of drug-likeness (QED) is 0.766. The van der Waals surface area contributed by atoms with Crippen LogP contribution in [0.2, 0.25) is 0 Å². The van der Waals surface area contributed by atoms with Gasteiger partial charge < -0.3 is 15.3 Å². The molecule has 1 fully saturated rings. The number of rotatable bonds is 5. The monoisotopic (exact) mass is 270 g/mol. The number of carboxylic acid groups (broad SMARTS) is 1. The standard InChI is InChI=1S/C13H22N2O4/c1-8(12(17)15(3)9(2)13(18)19)14-11(16)10-6-4-5-7-10/h8-10H,4-7H2,1-3H3,(H,14,16)(H,18,19). The van der Waals surface area contributed by atoms with Crippen molar-refractivity contribution in [1.29, 1.82) is 0 Å². The Balaban J connectivity index is 2.52. The van der Waals surface area contributed by atoms with E-state index in [1.165, 1.54) is 14.0 Å². The molecule has 19 heavy (non-hydrogen) atoms. The van der Waals surface area contributed by atoms with Crippen LogP contribution in [-0.4, -0.2) is 46.9 Å². The molecule has 6 heteroatoms. The third kappa shape index (κ3) is 3.94. The Kier molecular flexibility index (Phi) is 5.32. The Labute approximate surface area is 113 Å². The predicted molar refractivity (Wildman–Crippen MR) is 69.4 cm³/mol. The molecule has 108 valence electrons. The second kappa shape index (κ2) is 6.54. The lowest BCUT2D eigenvalue weighted by molar-refractivity contribution is -0.149. The van der Waals surface area contributed by atoms with E-state index in [-0.39, 0.29) is 17.7 Å². The van der Waals surface area contributed by atoms with E-state index in [4.69, 9.17) is 5.11 Å². The van der Waals surface area contributed by atoms with Gasteiger partial charge in [0, 0.05) is 13.0 Å². The molecular formula is C13H22N2O4. The van der Waals surface area contributed by atoms with Gasteiger partial charge in [-0.05, 0) is 26.7 Å². The molecule has 0 radical (unpaired) electrons. The van der Waals surface area contributed by atoms with Crippen molar-refractivity contribution < 1.29 is 19.5 Å². The predicted octanol–water partition coefficient (Wildman–Crippen LogP) is 0.613. The van der Waals surface area contributed by atoms with Crippen molar-refractivity contribution in [1.82, 2.24) is 10.2 Å². The van der Waals surface area contributed by atoms with Crippen LogP contribution < -0.4 is 5.32 Å². The number of aliphatic carboxylic acids is 1. The maximum Gasteiger partial charge on any atom is 0.326 e. The molecular weight excluding hydrogens is 248 g/mol. The minimum absolute atomic E-state index is 0.00236. The topological polar surface area (TPSA) is 86.7 Å². The maximum atomic E-state index is 12.0. The summed E-state index contributed by atoms with van der Waals surface area (Å²) in [5.41, 5.74) is 0. The number of carbonyl (C=O) groups excluding carboxylic acids is 2. The van der Waals surface area contributed by atoms with E-state index in [2.05, 4.69) is 5.32 Å². The first-order valence-corrected chi connectivity index (χ1v) is 6.64. The molecule has 1 aliphatic carbocycles. The van der Waals surface area contributed by atoms with Gasteiger partial charge in [-0.2, -0.15) is 0 Å². The first-order valence-electron chi connectivity index (χ1n) is 6.64. The van der Waals surface area contributed by atoms with Crippen molar-refractivity contribution in [2.45, 2.75) is 51.6 Å². The molecule has 6 nitrogen and oxygen atoms in total. The fourth-order valence-electron chi connectivity index (χ4n) is 2.24. The van der Waals surface area contributed by atoms with Gasteiger partial charge in [0.15, 0.2) is 0 Å². The summed E-state index contributed by atoms with van der Waals surface area (Å²) in [5.74, 6) is -1.56. The molecule has 0 aliphatic heterocycles. The Morgan fingerprint density at radius 3 is 2.21 bits per heavy atom. The van der Waals surface area contributed by atoms with E-state index in [9.17, 15) is 14.4 Å². The molecule has 0 aromatic rings. The molecule has 2 atom stereocenters. The number of nitrogens with one attached hydrogen (secondary N) is 1. The molecule has 0 heterocycles. The highest BCUT2D eigenvalue weighted by Crippen LogP contribution is 2.24. The van der Waals surface area contributed by atoms with Gasteiger partial charge in [-0.1, -0.05) is 12.8 Å². The molecule has 0 spiro atoms. The largest absolute Gasteiger partial charge is 0.480 e. The number of likely N-dealkylation sites (N-methyl/N-ethyl adjacent to an activating group) is 1. The van der Waals surface area contributed by atoms with Crippen molar-refractivity contribution in [2.24, 2.45) is 5.92 Å². The second-order valence-corrected chi connectivity index (χ2v) is 5.18. The lowest BCUT2D eigenvalue weighted by atomic mass is 10.1. The van der Waals surface area contributed by atoms with Gasteiger partial charge in [0.05, 0.1) is 0 Å². The smallest absolute Gasteiger partial charge is 0.326 e. The maximum absolute atomic E-state index is 12.0. The summed E-state index contributed by atoms with van der Waals surface area (Å²) in [5, 5.41) is 11.5. The molecule has 2 amide bonds. The Morgan fingerprint density at radius 1 is 1.21 bits per heavy atom. The molecule has 1 rings (SSSR count). The average Bonchev–Trinajstić information content (AvgIpc) is 2.89. The zero-order valence-corrected chi connectivity index (χ0v) is 11.7. The van der Waals surface area contributed by atoms with Crippen LogP contribution in [0.5, 0.6) is 0 Å². The van der Waals surface area contributed by atoms with Gasteiger partial charge in [0.25, 0.3) is 0 Å². The summed E-state index contributed by atoms with van der Waals surface area (Å²) < 4.78 is 0. The molecule has 0 bridgehead atoms. The Morgan fingerprint density at radius 2 is 1.74 bits per heavy atom. The molecule has 2 unspecified atom stereocenters. The minimum Gasteiger partial charge on any atom is -0.480 e. The van der Waals surface area contributed by atoms with Crippen LogP contribution in [0.15, 0.2) is 0 Å². The summed E-state index contributed by atoms with van der Waals surface area (Å²) >= 11 is 0. The number of amides is 2. The summed E-state index contributed by atoms with van der Waals surface area (Å²) in [6.45, 7) is 3.02. The number of carbonyl (C=O) groups is 3. The Bertz CT molecular complexity index is 364. The second-order valence-electron chi connectivity index (χ2n) is 5.18. The zero-order valence-electron chi connectivity index (χ0n) is 11.7. The van der Waals surface area contributed by atoms with E-state index in [1.807, 2.05) is 0 Å². The van der Waals surface area contributed by atoms with E-state index < -0.39 is 18.1 Å². The summed E-state index contributed by atoms with van der Waals surface area (Å²) in [6, 6.07) is -1.60. The number of hydrogen-bond acceptors (Lipinski definition) is 3. The summed E-state index contributed by atoms with van der Waals surface area (Å²) in [7, 11) is 1.43. The zero-order chi connectivity index (χ0) is 14.6. The van der Waals surface area contributed by atoms with E-state index >= 15 is 0 Å². The van der Waals surface area contributed by atoms with Crippen LogP contribution >= 0.6 is 0 Å². The average molecular weight is 270 g/mol. The SMILES string of the molecule is CC(NC(=O)C1CCCC1)C(=O)N(C)C(C)C(=O)O. The van der Waals surface area contributed by atoms with Crippen LogP contribution in [0.3, 0.4) is 0 Å². The lowest BCUT2D eigenvalue weighted by Crippen LogP contribution is -2.51. The van der Waals surface area contributed by atoms with Gasteiger partial charge in [0.2, 0.25) is 11.8 Å². The van der Waals surface area contributed by atoms with Crippen molar-refractivity contribution in [3.8, 4) is 0 Å². The van der Waals surface area contributed by atoms with Gasteiger partial charge in [-0.15, -0.1) is 0 Å². The van der Waals surface area contributed by atoms with Crippen LogP contribution in [-0.2, 0) is 14.4 Å². The Hall–Kier alpha value is -1.59. The highest BCUT2D eigenvalue weighted by Gasteiger charge is 2.29. The van der Waals surface area contributed by atoms with Crippen molar-refractivity contribution in [3.05, 3.63) is 0 Å². The number of carboxylic acids is 1. The summed E-state index contributed by atoms with van der Waals surface area (Å²) in [6.07, 6.45) is 3.84. The normalized spacial score (nSPS) is 18.7. The van der Waals surface area contributed by atoms with Crippen LogP contribution in [0, 0.1) is 5.92 Å². The molecule has 0 aromatic heterocycles. The van der Waals surface area contributed by atoms with E-state index in [0.717, 1.165) is 30.6 Å². The molecule has 0 aromatic carbocycles. The van der Waals surface area contributed by atoms with Gasteiger partial charge in [0.1, 0.15) is 12.1 Å². The minimum atomic E-state index is -1.06. The first-order chi connectivity index (χ1) is 8.84. The van der Waals surface area contributed by atoms with Crippen LogP contribution in [0.4, 0.5) is 0 Å². The fraction of sp³-hybridized carbons (Fsp3) is 0.769.